The van der Waals surface area contributed by atoms with Crippen LogP contribution >= 0.6 is 11.6 Å². The van der Waals surface area contributed by atoms with Gasteiger partial charge in [0.2, 0.25) is 5.95 Å². The van der Waals surface area contributed by atoms with Crippen molar-refractivity contribution in [3.8, 4) is 0 Å². The third-order valence-corrected chi connectivity index (χ3v) is 7.78. The van der Waals surface area contributed by atoms with Crippen molar-refractivity contribution >= 4 is 23.6 Å². The Balaban J connectivity index is 1.09. The Morgan fingerprint density at radius 1 is 1.08 bits per heavy atom. The molecule has 2 amide bonds. The largest absolute Gasteiger partial charge is 0.419 e. The summed E-state index contributed by atoms with van der Waals surface area (Å²) in [4.78, 5) is 27.0. The number of urea groups is 1. The molecule has 11 heteroatoms. The van der Waals surface area contributed by atoms with Crippen molar-refractivity contribution < 1.29 is 18.0 Å². The maximum Gasteiger partial charge on any atom is 0.419 e. The van der Waals surface area contributed by atoms with Crippen molar-refractivity contribution in [3.63, 3.8) is 0 Å². The first-order chi connectivity index (χ1) is 17.0. The third kappa shape index (κ3) is 5.11. The topological polar surface area (TPSA) is 64.6 Å². The van der Waals surface area contributed by atoms with E-state index < -0.39 is 11.7 Å². The third-order valence-electron chi connectivity index (χ3n) is 7.53. The highest BCUT2D eigenvalue weighted by Crippen LogP contribution is 2.48. The molecular weight excluding hydrogens is 493 g/mol. The second kappa shape index (κ2) is 9.37. The molecule has 3 fully saturated rings. The zero-order chi connectivity index (χ0) is 25.7. The van der Waals surface area contributed by atoms with Gasteiger partial charge in [0, 0.05) is 68.3 Å². The molecule has 2 atom stereocenters. The standard InChI is InChI=1S/C25H30ClF3N6O/c1-16-11-34(22-30-9-19(10-31-22)25(27,28)29)12-17(2)35(16)23(36)32-21-7-24(8-21)14-33(15-24)13-18-3-5-20(26)6-4-18/h3-6,9-10,16-17,21H,7-8,11-15H2,1-2H3,(H,32,36)/t16-,17+. The van der Waals surface area contributed by atoms with Gasteiger partial charge in [0.05, 0.1) is 5.56 Å². The molecule has 2 saturated heterocycles. The molecule has 5 rings (SSSR count). The average molecular weight is 523 g/mol. The van der Waals surface area contributed by atoms with E-state index in [1.54, 1.807) is 0 Å². The van der Waals surface area contributed by atoms with Crippen LogP contribution < -0.4 is 10.2 Å². The fourth-order valence-corrected chi connectivity index (χ4v) is 6.10. The Morgan fingerprint density at radius 2 is 1.67 bits per heavy atom. The Morgan fingerprint density at radius 3 is 2.22 bits per heavy atom. The van der Waals surface area contributed by atoms with Crippen LogP contribution in [0.3, 0.4) is 0 Å². The highest BCUT2D eigenvalue weighted by atomic mass is 35.5. The predicted molar refractivity (Wildman–Crippen MR) is 131 cm³/mol. The van der Waals surface area contributed by atoms with Gasteiger partial charge >= 0.3 is 12.2 Å². The van der Waals surface area contributed by atoms with Gasteiger partial charge in [0.25, 0.3) is 0 Å². The lowest BCUT2D eigenvalue weighted by Gasteiger charge is -2.59. The summed E-state index contributed by atoms with van der Waals surface area (Å²) in [5.74, 6) is 0.246. The lowest BCUT2D eigenvalue weighted by molar-refractivity contribution is -0.138. The Hall–Kier alpha value is -2.59. The van der Waals surface area contributed by atoms with Gasteiger partial charge in [-0.2, -0.15) is 13.2 Å². The molecule has 1 aromatic carbocycles. The van der Waals surface area contributed by atoms with Gasteiger partial charge in [0.15, 0.2) is 0 Å². The summed E-state index contributed by atoms with van der Waals surface area (Å²) in [5.41, 5.74) is 0.686. The van der Waals surface area contributed by atoms with E-state index in [0.717, 1.165) is 49.9 Å². The van der Waals surface area contributed by atoms with Crippen LogP contribution in [0.2, 0.25) is 5.02 Å². The molecule has 1 aromatic heterocycles. The number of likely N-dealkylation sites (tertiary alicyclic amines) is 1. The molecule has 3 heterocycles. The van der Waals surface area contributed by atoms with Crippen molar-refractivity contribution in [2.24, 2.45) is 5.41 Å². The molecule has 0 bridgehead atoms. The van der Waals surface area contributed by atoms with Gasteiger partial charge in [-0.1, -0.05) is 23.7 Å². The van der Waals surface area contributed by atoms with E-state index in [1.165, 1.54) is 5.56 Å². The van der Waals surface area contributed by atoms with Crippen LogP contribution in [0.5, 0.6) is 0 Å². The summed E-state index contributed by atoms with van der Waals surface area (Å²) < 4.78 is 38.4. The first-order valence-electron chi connectivity index (χ1n) is 12.2. The smallest absolute Gasteiger partial charge is 0.337 e. The molecule has 1 aliphatic carbocycles. The normalized spacial score (nSPS) is 24.4. The SMILES string of the molecule is C[C@@H]1CN(c2ncc(C(F)(F)F)cn2)C[C@H](C)N1C(=O)NC1CC2(C1)CN(Cc1ccc(Cl)cc1)C2. The second-order valence-electron chi connectivity index (χ2n) is 10.6. The second-order valence-corrected chi connectivity index (χ2v) is 11.0. The summed E-state index contributed by atoms with van der Waals surface area (Å²) in [6.45, 7) is 7.79. The molecule has 1 N–H and O–H groups in total. The number of piperazine rings is 1. The van der Waals surface area contributed by atoms with Crippen LogP contribution in [0.1, 0.15) is 37.8 Å². The highest BCUT2D eigenvalue weighted by Gasteiger charge is 2.52. The van der Waals surface area contributed by atoms with Crippen molar-refractivity contribution in [2.45, 2.75) is 57.5 Å². The molecule has 1 saturated carbocycles. The predicted octanol–water partition coefficient (Wildman–Crippen LogP) is 4.42. The number of nitrogens with zero attached hydrogens (tertiary/aromatic N) is 5. The zero-order valence-corrected chi connectivity index (χ0v) is 21.1. The molecule has 0 unspecified atom stereocenters. The summed E-state index contributed by atoms with van der Waals surface area (Å²) in [6, 6.07) is 7.77. The van der Waals surface area contributed by atoms with Gasteiger partial charge in [-0.25, -0.2) is 14.8 Å². The first-order valence-corrected chi connectivity index (χ1v) is 12.6. The first kappa shape index (κ1) is 25.1. The number of hydrogen-bond donors (Lipinski definition) is 1. The molecule has 0 radical (unpaired) electrons. The van der Waals surface area contributed by atoms with Crippen molar-refractivity contribution in [1.29, 1.82) is 0 Å². The Bertz CT molecular complexity index is 1070. The molecular formula is C25H30ClF3N6O. The van der Waals surface area contributed by atoms with Crippen molar-refractivity contribution in [3.05, 3.63) is 52.8 Å². The Labute approximate surface area is 213 Å². The molecule has 2 aliphatic heterocycles. The summed E-state index contributed by atoms with van der Waals surface area (Å²) >= 11 is 5.96. The fourth-order valence-electron chi connectivity index (χ4n) is 5.97. The molecule has 36 heavy (non-hydrogen) atoms. The molecule has 1 spiro atoms. The number of anilines is 1. The van der Waals surface area contributed by atoms with Gasteiger partial charge in [0.1, 0.15) is 0 Å². The maximum atomic E-state index is 13.1. The maximum absolute atomic E-state index is 13.1. The zero-order valence-electron chi connectivity index (χ0n) is 20.3. The highest BCUT2D eigenvalue weighted by molar-refractivity contribution is 6.30. The number of amides is 2. The summed E-state index contributed by atoms with van der Waals surface area (Å²) in [5, 5.41) is 3.94. The fraction of sp³-hybridized carbons (Fsp3) is 0.560. The van der Waals surface area contributed by atoms with Gasteiger partial charge in [-0.3, -0.25) is 4.90 Å². The van der Waals surface area contributed by atoms with Crippen LogP contribution in [0.25, 0.3) is 0 Å². The van der Waals surface area contributed by atoms with Crippen LogP contribution in [0.15, 0.2) is 36.7 Å². The Kier molecular flexibility index (Phi) is 6.53. The summed E-state index contributed by atoms with van der Waals surface area (Å²) in [6.07, 6.45) is -0.888. The number of carbonyl (C=O) groups excluding carboxylic acids is 1. The van der Waals surface area contributed by atoms with Crippen LogP contribution in [0.4, 0.5) is 23.9 Å². The number of hydrogen-bond acceptors (Lipinski definition) is 5. The van der Waals surface area contributed by atoms with E-state index in [4.69, 9.17) is 11.6 Å². The van der Waals surface area contributed by atoms with Crippen LogP contribution in [0, 0.1) is 5.41 Å². The number of benzene rings is 1. The van der Waals surface area contributed by atoms with E-state index in [9.17, 15) is 18.0 Å². The van der Waals surface area contributed by atoms with Gasteiger partial charge in [-0.05, 0) is 49.8 Å². The number of carbonyl (C=O) groups is 1. The van der Waals surface area contributed by atoms with E-state index in [0.29, 0.717) is 18.5 Å². The molecule has 2 aromatic rings. The van der Waals surface area contributed by atoms with Gasteiger partial charge in [-0.15, -0.1) is 0 Å². The molecule has 194 valence electrons. The lowest BCUT2D eigenvalue weighted by atomic mass is 9.60. The van der Waals surface area contributed by atoms with E-state index >= 15 is 0 Å². The number of rotatable bonds is 4. The van der Waals surface area contributed by atoms with Crippen molar-refractivity contribution in [2.75, 3.05) is 31.1 Å². The van der Waals surface area contributed by atoms with E-state index in [-0.39, 0.29) is 30.1 Å². The van der Waals surface area contributed by atoms with Crippen LogP contribution in [-0.2, 0) is 12.7 Å². The number of nitrogens with one attached hydrogen (secondary N) is 1. The monoisotopic (exact) mass is 522 g/mol. The van der Waals surface area contributed by atoms with Gasteiger partial charge < -0.3 is 15.1 Å². The number of halogens is 4. The molecule has 7 nitrogen and oxygen atoms in total. The lowest BCUT2D eigenvalue weighted by Crippen LogP contribution is -2.68. The minimum atomic E-state index is -4.47. The van der Waals surface area contributed by atoms with Crippen molar-refractivity contribution in [1.82, 2.24) is 25.1 Å². The van der Waals surface area contributed by atoms with E-state index in [2.05, 4.69) is 32.3 Å². The van der Waals surface area contributed by atoms with Crippen LogP contribution in [-0.4, -0.2) is 70.1 Å². The van der Waals surface area contributed by atoms with E-state index in [1.807, 2.05) is 35.8 Å². The average Bonchev–Trinajstić information content (AvgIpc) is 2.76. The minimum absolute atomic E-state index is 0.0832. The molecule has 3 aliphatic rings. The quantitative estimate of drug-likeness (QED) is 0.644. The number of aromatic nitrogens is 2. The number of alkyl halides is 3. The summed E-state index contributed by atoms with van der Waals surface area (Å²) in [7, 11) is 0. The minimum Gasteiger partial charge on any atom is -0.337 e.